The Morgan fingerprint density at radius 3 is 2.45 bits per heavy atom. The van der Waals surface area contributed by atoms with E-state index in [4.69, 9.17) is 4.74 Å². The van der Waals surface area contributed by atoms with Gasteiger partial charge in [-0.25, -0.2) is 9.29 Å². The first-order valence-corrected chi connectivity index (χ1v) is 9.82. The zero-order chi connectivity index (χ0) is 21.7. The maximum Gasteiger partial charge on any atom is 0.240 e. The van der Waals surface area contributed by atoms with E-state index in [1.54, 1.807) is 42.5 Å². The number of fused-ring (bicyclic) bond motifs is 3. The molecule has 3 aliphatic rings. The van der Waals surface area contributed by atoms with Crippen molar-refractivity contribution >= 4 is 29.5 Å². The van der Waals surface area contributed by atoms with Gasteiger partial charge in [0.1, 0.15) is 17.6 Å². The van der Waals surface area contributed by atoms with Crippen LogP contribution < -0.4 is 9.64 Å². The fourth-order valence-corrected chi connectivity index (χ4v) is 4.63. The molecule has 7 nitrogen and oxygen atoms in total. The first-order valence-electron chi connectivity index (χ1n) is 9.82. The molecule has 0 radical (unpaired) electrons. The highest BCUT2D eigenvalue weighted by atomic mass is 19.1. The van der Waals surface area contributed by atoms with Crippen LogP contribution in [-0.4, -0.2) is 48.0 Å². The molecule has 0 N–H and O–H groups in total. The average Bonchev–Trinajstić information content (AvgIpc) is 3.27. The molecule has 0 aliphatic carbocycles. The largest absolute Gasteiger partial charge is 0.497 e. The highest BCUT2D eigenvalue weighted by molar-refractivity contribution is 6.24. The van der Waals surface area contributed by atoms with Crippen molar-refractivity contribution < 1.29 is 23.5 Å². The molecule has 0 bridgehead atoms. The van der Waals surface area contributed by atoms with Crippen molar-refractivity contribution in [1.82, 2.24) is 5.01 Å². The van der Waals surface area contributed by atoms with Gasteiger partial charge in [-0.1, -0.05) is 18.2 Å². The number of Topliss-reactive ketones (excluding diaryl/α,β-unsaturated/α-hetero) is 1. The molecule has 0 unspecified atom stereocenters. The summed E-state index contributed by atoms with van der Waals surface area (Å²) in [7, 11) is 1.53. The standard InChI is InChI=1S/C23H18FN3O4/c1-31-14-10-8-13(9-11-14)21(28)20-19-18(17-7-4-12-25-27(17)20)22(29)26(23(19)30)16-6-3-2-5-15(16)24/h2-12,17-20H,1H3/t17-,18-,19-,20-/m1/s1. The number of para-hydroxylation sites is 1. The molecule has 0 spiro atoms. The van der Waals surface area contributed by atoms with E-state index in [0.29, 0.717) is 11.3 Å². The Balaban J connectivity index is 1.57. The lowest BCUT2D eigenvalue weighted by molar-refractivity contribution is -0.123. The minimum absolute atomic E-state index is 0.0996. The lowest BCUT2D eigenvalue weighted by Crippen LogP contribution is -2.46. The third kappa shape index (κ3) is 2.78. The van der Waals surface area contributed by atoms with Gasteiger partial charge in [0.2, 0.25) is 11.8 Å². The quantitative estimate of drug-likeness (QED) is 0.562. The van der Waals surface area contributed by atoms with Crippen LogP contribution in [0, 0.1) is 17.7 Å². The monoisotopic (exact) mass is 419 g/mol. The molecule has 31 heavy (non-hydrogen) atoms. The summed E-state index contributed by atoms with van der Waals surface area (Å²) in [5.74, 6) is -3.32. The van der Waals surface area contributed by atoms with E-state index in [9.17, 15) is 18.8 Å². The molecule has 2 aromatic carbocycles. The summed E-state index contributed by atoms with van der Waals surface area (Å²) in [4.78, 5) is 41.0. The van der Waals surface area contributed by atoms with Crippen LogP contribution in [0.5, 0.6) is 5.75 Å². The van der Waals surface area contributed by atoms with Gasteiger partial charge in [-0.3, -0.25) is 19.4 Å². The van der Waals surface area contributed by atoms with Gasteiger partial charge >= 0.3 is 0 Å². The smallest absolute Gasteiger partial charge is 0.240 e. The number of rotatable bonds is 4. The van der Waals surface area contributed by atoms with Gasteiger partial charge in [0, 0.05) is 11.8 Å². The number of nitrogens with zero attached hydrogens (tertiary/aromatic N) is 3. The van der Waals surface area contributed by atoms with Crippen LogP contribution in [0.25, 0.3) is 0 Å². The van der Waals surface area contributed by atoms with Gasteiger partial charge in [0.05, 0.1) is 30.7 Å². The van der Waals surface area contributed by atoms with Crippen LogP contribution in [0.1, 0.15) is 10.4 Å². The minimum Gasteiger partial charge on any atom is -0.497 e. The Morgan fingerprint density at radius 1 is 1.03 bits per heavy atom. The second-order valence-electron chi connectivity index (χ2n) is 7.57. The summed E-state index contributed by atoms with van der Waals surface area (Å²) in [5.41, 5.74) is 0.275. The van der Waals surface area contributed by atoms with E-state index in [2.05, 4.69) is 5.10 Å². The fourth-order valence-electron chi connectivity index (χ4n) is 4.63. The lowest BCUT2D eigenvalue weighted by Gasteiger charge is -2.30. The number of methoxy groups -OCH3 is 1. The maximum absolute atomic E-state index is 14.4. The van der Waals surface area contributed by atoms with Crippen LogP contribution in [-0.2, 0) is 9.59 Å². The number of amides is 2. The molecule has 8 heteroatoms. The van der Waals surface area contributed by atoms with Crippen LogP contribution in [0.15, 0.2) is 65.8 Å². The Bertz CT molecular complexity index is 1140. The van der Waals surface area contributed by atoms with E-state index in [1.807, 2.05) is 0 Å². The number of hydrogen-bond donors (Lipinski definition) is 0. The number of ether oxygens (including phenoxy) is 1. The second kappa shape index (κ2) is 7.16. The van der Waals surface area contributed by atoms with Crippen molar-refractivity contribution in [2.45, 2.75) is 12.1 Å². The number of ketones is 1. The van der Waals surface area contributed by atoms with E-state index in [-0.39, 0.29) is 11.5 Å². The normalized spacial score (nSPS) is 26.3. The van der Waals surface area contributed by atoms with Crippen molar-refractivity contribution in [3.63, 3.8) is 0 Å². The topological polar surface area (TPSA) is 79.3 Å². The third-order valence-electron chi connectivity index (χ3n) is 6.03. The third-order valence-corrected chi connectivity index (χ3v) is 6.03. The van der Waals surface area contributed by atoms with Crippen LogP contribution in [0.4, 0.5) is 10.1 Å². The van der Waals surface area contributed by atoms with Gasteiger partial charge in [-0.2, -0.15) is 5.10 Å². The van der Waals surface area contributed by atoms with Gasteiger partial charge in [0.15, 0.2) is 5.78 Å². The predicted molar refractivity (Wildman–Crippen MR) is 110 cm³/mol. The van der Waals surface area contributed by atoms with Gasteiger partial charge in [0.25, 0.3) is 0 Å². The highest BCUT2D eigenvalue weighted by Gasteiger charge is 2.64. The van der Waals surface area contributed by atoms with E-state index in [1.165, 1.54) is 36.5 Å². The highest BCUT2D eigenvalue weighted by Crippen LogP contribution is 2.46. The Hall–Kier alpha value is -3.81. The summed E-state index contributed by atoms with van der Waals surface area (Å²) in [6, 6.07) is 10.6. The van der Waals surface area contributed by atoms with Gasteiger partial charge in [-0.05, 0) is 42.5 Å². The molecule has 3 heterocycles. The number of carbonyl (C=O) groups excluding carboxylic acids is 3. The Kier molecular flexibility index (Phi) is 4.43. The summed E-state index contributed by atoms with van der Waals surface area (Å²) < 4.78 is 19.6. The van der Waals surface area contributed by atoms with Crippen LogP contribution >= 0.6 is 0 Å². The number of hydrazone groups is 1. The number of carbonyl (C=O) groups is 3. The van der Waals surface area contributed by atoms with Crippen LogP contribution in [0.2, 0.25) is 0 Å². The van der Waals surface area contributed by atoms with Gasteiger partial charge < -0.3 is 4.74 Å². The zero-order valence-corrected chi connectivity index (χ0v) is 16.5. The molecular formula is C23H18FN3O4. The Labute approximate surface area is 177 Å². The first-order chi connectivity index (χ1) is 15.0. The molecule has 2 fully saturated rings. The molecule has 2 amide bonds. The number of allylic oxidation sites excluding steroid dienone is 1. The van der Waals surface area contributed by atoms with E-state index >= 15 is 0 Å². The van der Waals surface area contributed by atoms with Crippen molar-refractivity contribution in [1.29, 1.82) is 0 Å². The maximum atomic E-state index is 14.4. The number of benzene rings is 2. The minimum atomic E-state index is -0.974. The zero-order valence-electron chi connectivity index (χ0n) is 16.5. The van der Waals surface area contributed by atoms with Crippen LogP contribution in [0.3, 0.4) is 0 Å². The number of imide groups is 1. The van der Waals surface area contributed by atoms with Crippen molar-refractivity contribution in [2.24, 2.45) is 16.9 Å². The molecule has 2 saturated heterocycles. The summed E-state index contributed by atoms with van der Waals surface area (Å²) in [6.07, 6.45) is 4.96. The fraction of sp³-hybridized carbons (Fsp3) is 0.217. The van der Waals surface area contributed by atoms with E-state index in [0.717, 1.165) is 4.90 Å². The van der Waals surface area contributed by atoms with Crippen molar-refractivity contribution in [3.8, 4) is 5.75 Å². The SMILES string of the molecule is COc1ccc(C(=O)[C@H]2[C@@H]3C(=O)N(c4ccccc4F)C(=O)[C@@H]3[C@H]3C=CC=NN32)cc1. The molecule has 5 rings (SSSR count). The second-order valence-corrected chi connectivity index (χ2v) is 7.57. The molecule has 3 aliphatic heterocycles. The van der Waals surface area contributed by atoms with Crippen molar-refractivity contribution in [3.05, 3.63) is 72.1 Å². The summed E-state index contributed by atoms with van der Waals surface area (Å²) in [6.45, 7) is 0. The summed E-state index contributed by atoms with van der Waals surface area (Å²) in [5, 5.41) is 5.82. The number of halogens is 1. The molecule has 156 valence electrons. The molecular weight excluding hydrogens is 401 g/mol. The average molecular weight is 419 g/mol. The molecule has 0 saturated carbocycles. The lowest BCUT2D eigenvalue weighted by atomic mass is 9.86. The molecule has 2 aromatic rings. The first kappa shape index (κ1) is 19.2. The number of anilines is 1. The van der Waals surface area contributed by atoms with E-state index < -0.39 is 41.6 Å². The Morgan fingerprint density at radius 2 is 1.74 bits per heavy atom. The number of hydrogen-bond acceptors (Lipinski definition) is 6. The summed E-state index contributed by atoms with van der Waals surface area (Å²) >= 11 is 0. The van der Waals surface area contributed by atoms with Gasteiger partial charge in [-0.15, -0.1) is 0 Å². The molecule has 0 aromatic heterocycles. The predicted octanol–water partition coefficient (Wildman–Crippen LogP) is 2.43. The van der Waals surface area contributed by atoms with Crippen molar-refractivity contribution in [2.75, 3.05) is 12.0 Å². The molecule has 4 atom stereocenters.